The van der Waals surface area contributed by atoms with E-state index in [0.717, 1.165) is 0 Å². The van der Waals surface area contributed by atoms with E-state index in [1.54, 1.807) is 24.3 Å². The summed E-state index contributed by atoms with van der Waals surface area (Å²) in [6.07, 6.45) is 0. The van der Waals surface area contributed by atoms with Crippen LogP contribution in [-0.2, 0) is 0 Å². The Morgan fingerprint density at radius 2 is 1.14 bits per heavy atom. The molecule has 0 bridgehead atoms. The molecule has 2 aromatic carbocycles. The molecule has 2 rings (SSSR count). The second-order valence-corrected chi connectivity index (χ2v) is 4.09. The number of rotatable bonds is 3. The number of carbonyl (C=O) groups is 2. The molecule has 0 saturated carbocycles. The Morgan fingerprint density at radius 3 is 1.38 bits per heavy atom. The molecule has 0 aliphatic carbocycles. The molecule has 2 amide bonds. The van der Waals surface area contributed by atoms with Gasteiger partial charge in [0.2, 0.25) is 11.8 Å². The van der Waals surface area contributed by atoms with E-state index in [4.69, 9.17) is 21.5 Å². The average Bonchev–Trinajstić information content (AvgIpc) is 2.49. The molecule has 0 aliphatic heterocycles. The number of benzene rings is 2. The molecule has 0 atom stereocenters. The molecule has 0 unspecified atom stereocenters. The lowest BCUT2D eigenvalue weighted by atomic mass is 9.81. The zero-order chi connectivity index (χ0) is 15.8. The summed E-state index contributed by atoms with van der Waals surface area (Å²) >= 11 is 0. The highest BCUT2D eigenvalue weighted by molar-refractivity contribution is 6.58. The summed E-state index contributed by atoms with van der Waals surface area (Å²) in [5, 5.41) is 17.2. The van der Waals surface area contributed by atoms with Crippen LogP contribution in [0, 0.1) is 0 Å². The lowest BCUT2D eigenvalue weighted by molar-refractivity contribution is 0.0988. The van der Waals surface area contributed by atoms with Crippen LogP contribution in [0.15, 0.2) is 54.6 Å². The first-order chi connectivity index (χ1) is 9.91. The predicted molar refractivity (Wildman–Crippen MR) is 79.7 cm³/mol. The summed E-state index contributed by atoms with van der Waals surface area (Å²) in [5.41, 5.74) is 11.2. The van der Waals surface area contributed by atoms with Crippen molar-refractivity contribution in [3.05, 3.63) is 65.7 Å². The standard InChI is InChI=1S/C8H8N2O2.C6H7BO2/c9-7(11)5-1-2-6(4-3-5)8(10)12;8-7(9)6-4-2-1-3-5-6/h1-4H,(H2,9,11)(H2,10,12);1-5,8-9H. The Kier molecular flexibility index (Phi) is 6.13. The van der Waals surface area contributed by atoms with Gasteiger partial charge in [0.25, 0.3) is 0 Å². The van der Waals surface area contributed by atoms with Crippen molar-refractivity contribution in [3.8, 4) is 0 Å². The minimum Gasteiger partial charge on any atom is -0.423 e. The summed E-state index contributed by atoms with van der Waals surface area (Å²) < 4.78 is 0. The van der Waals surface area contributed by atoms with E-state index in [0.29, 0.717) is 16.6 Å². The lowest BCUT2D eigenvalue weighted by Crippen LogP contribution is -2.29. The number of primary amides is 2. The van der Waals surface area contributed by atoms with Crippen LogP contribution >= 0.6 is 0 Å². The normalized spacial score (nSPS) is 9.24. The van der Waals surface area contributed by atoms with E-state index in [1.165, 1.54) is 24.3 Å². The van der Waals surface area contributed by atoms with E-state index >= 15 is 0 Å². The van der Waals surface area contributed by atoms with Crippen molar-refractivity contribution in [2.45, 2.75) is 0 Å². The van der Waals surface area contributed by atoms with Crippen LogP contribution in [0.4, 0.5) is 0 Å². The molecular weight excluding hydrogens is 271 g/mol. The SMILES string of the molecule is NC(=O)c1ccc(C(N)=O)cc1.OB(O)c1ccccc1. The number of carbonyl (C=O) groups excluding carboxylic acids is 2. The maximum absolute atomic E-state index is 10.6. The molecule has 7 heteroatoms. The molecule has 0 radical (unpaired) electrons. The van der Waals surface area contributed by atoms with Crippen molar-refractivity contribution in [2.75, 3.05) is 0 Å². The van der Waals surface area contributed by atoms with Gasteiger partial charge in [-0.2, -0.15) is 0 Å². The number of hydrogen-bond donors (Lipinski definition) is 4. The fourth-order valence-corrected chi connectivity index (χ4v) is 1.42. The highest BCUT2D eigenvalue weighted by atomic mass is 16.4. The van der Waals surface area contributed by atoms with Gasteiger partial charge in [-0.15, -0.1) is 0 Å². The van der Waals surface area contributed by atoms with E-state index in [1.807, 2.05) is 6.07 Å². The van der Waals surface area contributed by atoms with Crippen LogP contribution < -0.4 is 16.9 Å². The first-order valence-electron chi connectivity index (χ1n) is 6.02. The minimum atomic E-state index is -1.34. The van der Waals surface area contributed by atoms with Gasteiger partial charge >= 0.3 is 7.12 Å². The molecule has 0 aliphatic rings. The first kappa shape index (κ1) is 16.4. The molecule has 0 heterocycles. The predicted octanol–water partition coefficient (Wildman–Crippen LogP) is -0.749. The topological polar surface area (TPSA) is 127 Å². The Morgan fingerprint density at radius 1 is 0.762 bits per heavy atom. The van der Waals surface area contributed by atoms with Gasteiger partial charge in [-0.1, -0.05) is 30.3 Å². The highest BCUT2D eigenvalue weighted by Gasteiger charge is 2.07. The van der Waals surface area contributed by atoms with Crippen LogP contribution in [0.25, 0.3) is 0 Å². The van der Waals surface area contributed by atoms with E-state index in [-0.39, 0.29) is 0 Å². The Bertz CT molecular complexity index is 567. The fourth-order valence-electron chi connectivity index (χ4n) is 1.42. The van der Waals surface area contributed by atoms with Gasteiger partial charge < -0.3 is 21.5 Å². The monoisotopic (exact) mass is 286 g/mol. The molecular formula is C14H15BN2O4. The summed E-state index contributed by atoms with van der Waals surface area (Å²) in [6, 6.07) is 14.5. The van der Waals surface area contributed by atoms with Crippen molar-refractivity contribution in [2.24, 2.45) is 11.5 Å². The number of amides is 2. The first-order valence-corrected chi connectivity index (χ1v) is 6.02. The summed E-state index contributed by atoms with van der Waals surface area (Å²) in [4.78, 5) is 21.2. The average molecular weight is 286 g/mol. The van der Waals surface area contributed by atoms with Crippen molar-refractivity contribution in [1.29, 1.82) is 0 Å². The maximum Gasteiger partial charge on any atom is 0.488 e. The van der Waals surface area contributed by atoms with Crippen molar-refractivity contribution >= 4 is 24.4 Å². The van der Waals surface area contributed by atoms with E-state index in [2.05, 4.69) is 0 Å². The van der Waals surface area contributed by atoms with Crippen LogP contribution in [-0.4, -0.2) is 29.0 Å². The molecule has 0 saturated heterocycles. The van der Waals surface area contributed by atoms with Crippen molar-refractivity contribution < 1.29 is 19.6 Å². The number of nitrogens with two attached hydrogens (primary N) is 2. The van der Waals surface area contributed by atoms with Gasteiger partial charge in [-0.25, -0.2) is 0 Å². The van der Waals surface area contributed by atoms with Gasteiger partial charge in [0.15, 0.2) is 0 Å². The van der Waals surface area contributed by atoms with Crippen LogP contribution in [0.5, 0.6) is 0 Å². The summed E-state index contributed by atoms with van der Waals surface area (Å²) in [7, 11) is -1.34. The molecule has 21 heavy (non-hydrogen) atoms. The molecule has 108 valence electrons. The van der Waals surface area contributed by atoms with E-state index < -0.39 is 18.9 Å². The summed E-state index contributed by atoms with van der Waals surface area (Å²) in [5.74, 6) is -1.04. The fraction of sp³-hybridized carbons (Fsp3) is 0. The van der Waals surface area contributed by atoms with Gasteiger partial charge in [-0.3, -0.25) is 9.59 Å². The Labute approximate surface area is 122 Å². The Hall–Kier alpha value is -2.64. The third-order valence-electron chi connectivity index (χ3n) is 2.55. The van der Waals surface area contributed by atoms with Crippen molar-refractivity contribution in [1.82, 2.24) is 0 Å². The zero-order valence-corrected chi connectivity index (χ0v) is 11.1. The molecule has 6 N–H and O–H groups in total. The third-order valence-corrected chi connectivity index (χ3v) is 2.55. The smallest absolute Gasteiger partial charge is 0.423 e. The van der Waals surface area contributed by atoms with Gasteiger partial charge in [-0.05, 0) is 29.7 Å². The zero-order valence-electron chi connectivity index (χ0n) is 11.1. The van der Waals surface area contributed by atoms with Crippen LogP contribution in [0.2, 0.25) is 0 Å². The second kappa shape index (κ2) is 7.83. The van der Waals surface area contributed by atoms with Gasteiger partial charge in [0, 0.05) is 11.1 Å². The third kappa shape index (κ3) is 5.47. The van der Waals surface area contributed by atoms with Crippen LogP contribution in [0.3, 0.4) is 0 Å². The van der Waals surface area contributed by atoms with Gasteiger partial charge in [0.05, 0.1) is 0 Å². The van der Waals surface area contributed by atoms with Crippen molar-refractivity contribution in [3.63, 3.8) is 0 Å². The quantitative estimate of drug-likeness (QED) is 0.554. The molecule has 6 nitrogen and oxygen atoms in total. The number of hydrogen-bond acceptors (Lipinski definition) is 4. The van der Waals surface area contributed by atoms with Crippen LogP contribution in [0.1, 0.15) is 20.7 Å². The highest BCUT2D eigenvalue weighted by Crippen LogP contribution is 2.02. The lowest BCUT2D eigenvalue weighted by Gasteiger charge is -1.96. The van der Waals surface area contributed by atoms with Gasteiger partial charge in [0.1, 0.15) is 0 Å². The maximum atomic E-state index is 10.6. The largest absolute Gasteiger partial charge is 0.488 e. The molecule has 2 aromatic rings. The molecule has 0 spiro atoms. The molecule has 0 fully saturated rings. The Balaban J connectivity index is 0.000000219. The van der Waals surface area contributed by atoms with E-state index in [9.17, 15) is 9.59 Å². The minimum absolute atomic E-state index is 0.361. The molecule has 0 aromatic heterocycles. The summed E-state index contributed by atoms with van der Waals surface area (Å²) in [6.45, 7) is 0. The second-order valence-electron chi connectivity index (χ2n) is 4.09.